The van der Waals surface area contributed by atoms with E-state index in [1.165, 1.54) is 12.1 Å². The van der Waals surface area contributed by atoms with Gasteiger partial charge in [-0.3, -0.25) is 0 Å². The van der Waals surface area contributed by atoms with Crippen molar-refractivity contribution in [2.75, 3.05) is 18.9 Å². The first kappa shape index (κ1) is 13.1. The van der Waals surface area contributed by atoms with Crippen LogP contribution in [0.1, 0.15) is 0 Å². The molecule has 1 aliphatic heterocycles. The molecule has 0 unspecified atom stereocenters. The van der Waals surface area contributed by atoms with E-state index >= 15 is 0 Å². The molecule has 3 rings (SSSR count). The summed E-state index contributed by atoms with van der Waals surface area (Å²) >= 11 is 3.21. The van der Waals surface area contributed by atoms with Crippen molar-refractivity contribution >= 4 is 21.6 Å². The number of rotatable bonds is 2. The van der Waals surface area contributed by atoms with Crippen LogP contribution in [0.3, 0.4) is 0 Å². The molecule has 2 N–H and O–H groups in total. The number of hydrogen-bond acceptors (Lipinski definition) is 4. The number of nitrogens with two attached hydrogens (primary N) is 1. The van der Waals surface area contributed by atoms with E-state index in [0.29, 0.717) is 46.4 Å². The van der Waals surface area contributed by atoms with Crippen LogP contribution in [0.25, 0.3) is 0 Å². The smallest absolute Gasteiger partial charge is 0.165 e. The van der Waals surface area contributed by atoms with Crippen molar-refractivity contribution in [2.24, 2.45) is 0 Å². The Balaban J connectivity index is 1.94. The molecule has 4 nitrogen and oxygen atoms in total. The molecule has 104 valence electrons. The number of halogens is 2. The summed E-state index contributed by atoms with van der Waals surface area (Å²) in [5, 5.41) is 0. The predicted molar refractivity (Wildman–Crippen MR) is 76.0 cm³/mol. The number of fused-ring (bicyclic) bond motifs is 1. The molecular formula is C14H11BrFNO3. The number of benzene rings is 2. The number of hydrogen-bond donors (Lipinski definition) is 1. The summed E-state index contributed by atoms with van der Waals surface area (Å²) in [6.45, 7) is 0.964. The fraction of sp³-hybridized carbons (Fsp3) is 0.143. The topological polar surface area (TPSA) is 53.7 Å². The van der Waals surface area contributed by atoms with Crippen molar-refractivity contribution in [3.8, 4) is 23.0 Å². The lowest BCUT2D eigenvalue weighted by Crippen LogP contribution is -2.15. The largest absolute Gasteiger partial charge is 0.486 e. The fourth-order valence-corrected chi connectivity index (χ4v) is 2.33. The molecule has 2 aromatic rings. The Bertz CT molecular complexity index is 643. The zero-order chi connectivity index (χ0) is 14.1. The minimum Gasteiger partial charge on any atom is -0.486 e. The zero-order valence-corrected chi connectivity index (χ0v) is 11.9. The maximum Gasteiger partial charge on any atom is 0.165 e. The monoisotopic (exact) mass is 339 g/mol. The van der Waals surface area contributed by atoms with E-state index in [-0.39, 0.29) is 0 Å². The lowest BCUT2D eigenvalue weighted by Gasteiger charge is -2.20. The summed E-state index contributed by atoms with van der Waals surface area (Å²) in [6, 6.07) is 7.56. The first-order chi connectivity index (χ1) is 9.61. The maximum atomic E-state index is 13.3. The van der Waals surface area contributed by atoms with Crippen LogP contribution in [0, 0.1) is 5.82 Å². The summed E-state index contributed by atoms with van der Waals surface area (Å²) in [7, 11) is 0. The molecular weight excluding hydrogens is 329 g/mol. The van der Waals surface area contributed by atoms with Crippen molar-refractivity contribution in [3.05, 3.63) is 40.6 Å². The van der Waals surface area contributed by atoms with Gasteiger partial charge >= 0.3 is 0 Å². The molecule has 1 aliphatic rings. The van der Waals surface area contributed by atoms with Gasteiger partial charge in [-0.05, 0) is 12.1 Å². The summed E-state index contributed by atoms with van der Waals surface area (Å²) in [5.74, 6) is 1.50. The van der Waals surface area contributed by atoms with Crippen LogP contribution in [0.2, 0.25) is 0 Å². The fourth-order valence-electron chi connectivity index (χ4n) is 1.89. The van der Waals surface area contributed by atoms with E-state index in [2.05, 4.69) is 15.9 Å². The molecule has 20 heavy (non-hydrogen) atoms. The molecule has 0 atom stereocenters. The number of anilines is 1. The number of ether oxygens (including phenoxy) is 3. The molecule has 6 heteroatoms. The van der Waals surface area contributed by atoms with Gasteiger partial charge in [0.15, 0.2) is 17.2 Å². The molecule has 1 heterocycles. The maximum absolute atomic E-state index is 13.3. The summed E-state index contributed by atoms with van der Waals surface area (Å²) in [4.78, 5) is 0. The van der Waals surface area contributed by atoms with Crippen LogP contribution in [0.15, 0.2) is 34.8 Å². The van der Waals surface area contributed by atoms with E-state index in [0.717, 1.165) is 0 Å². The highest BCUT2D eigenvalue weighted by Gasteiger charge is 2.16. The second-order valence-corrected chi connectivity index (χ2v) is 5.16. The van der Waals surface area contributed by atoms with Gasteiger partial charge in [0.1, 0.15) is 24.8 Å². The molecule has 0 saturated heterocycles. The number of nitrogen functional groups attached to an aromatic ring is 1. The van der Waals surface area contributed by atoms with Gasteiger partial charge in [0.2, 0.25) is 0 Å². The van der Waals surface area contributed by atoms with Crippen LogP contribution in [-0.2, 0) is 0 Å². The van der Waals surface area contributed by atoms with Gasteiger partial charge in [0, 0.05) is 22.7 Å². The Hall–Kier alpha value is -1.95. The second-order valence-electron chi connectivity index (χ2n) is 4.24. The first-order valence-corrected chi connectivity index (χ1v) is 6.74. The molecule has 0 aromatic heterocycles. The van der Waals surface area contributed by atoms with Crippen LogP contribution in [0.4, 0.5) is 10.1 Å². The summed E-state index contributed by atoms with van der Waals surface area (Å²) < 4.78 is 30.4. The Labute approximate surface area is 123 Å². The standard InChI is InChI=1S/C14H11BrFNO3/c15-8-3-9(16)5-10(4-8)20-12-7-14-13(6-11(12)17)18-1-2-19-14/h3-7H,1-2,17H2. The van der Waals surface area contributed by atoms with Crippen molar-refractivity contribution in [3.63, 3.8) is 0 Å². The van der Waals surface area contributed by atoms with Crippen molar-refractivity contribution < 1.29 is 18.6 Å². The van der Waals surface area contributed by atoms with Crippen LogP contribution >= 0.6 is 15.9 Å². The van der Waals surface area contributed by atoms with Crippen molar-refractivity contribution in [1.82, 2.24) is 0 Å². The van der Waals surface area contributed by atoms with E-state index in [9.17, 15) is 4.39 Å². The molecule has 0 fully saturated rings. The molecule has 0 saturated carbocycles. The quantitative estimate of drug-likeness (QED) is 0.847. The third-order valence-electron chi connectivity index (χ3n) is 2.74. The highest BCUT2D eigenvalue weighted by molar-refractivity contribution is 9.10. The van der Waals surface area contributed by atoms with Gasteiger partial charge in [-0.15, -0.1) is 0 Å². The minimum atomic E-state index is -0.398. The van der Waals surface area contributed by atoms with Crippen molar-refractivity contribution in [1.29, 1.82) is 0 Å². The van der Waals surface area contributed by atoms with Gasteiger partial charge in [0.05, 0.1) is 5.69 Å². The first-order valence-electron chi connectivity index (χ1n) is 5.95. The predicted octanol–water partition coefficient (Wildman–Crippen LogP) is 3.73. The van der Waals surface area contributed by atoms with E-state index in [1.54, 1.807) is 18.2 Å². The van der Waals surface area contributed by atoms with Crippen molar-refractivity contribution in [2.45, 2.75) is 0 Å². The third-order valence-corrected chi connectivity index (χ3v) is 3.20. The summed E-state index contributed by atoms with van der Waals surface area (Å²) in [6.07, 6.45) is 0. The SMILES string of the molecule is Nc1cc2c(cc1Oc1cc(F)cc(Br)c1)OCCO2. The lowest BCUT2D eigenvalue weighted by atomic mass is 10.2. The normalized spacial score (nSPS) is 13.1. The molecule has 2 aromatic carbocycles. The van der Waals surface area contributed by atoms with Crippen LogP contribution < -0.4 is 19.9 Å². The van der Waals surface area contributed by atoms with Crippen LogP contribution in [0.5, 0.6) is 23.0 Å². The highest BCUT2D eigenvalue weighted by Crippen LogP contribution is 2.40. The molecule has 0 amide bonds. The molecule has 0 radical (unpaired) electrons. The highest BCUT2D eigenvalue weighted by atomic mass is 79.9. The second kappa shape index (κ2) is 5.20. The van der Waals surface area contributed by atoms with Gasteiger partial charge in [-0.1, -0.05) is 15.9 Å². The van der Waals surface area contributed by atoms with E-state index in [4.69, 9.17) is 19.9 Å². The third kappa shape index (κ3) is 2.65. The van der Waals surface area contributed by atoms with Crippen LogP contribution in [-0.4, -0.2) is 13.2 Å². The van der Waals surface area contributed by atoms with E-state index in [1.807, 2.05) is 0 Å². The van der Waals surface area contributed by atoms with Gasteiger partial charge in [-0.25, -0.2) is 4.39 Å². The van der Waals surface area contributed by atoms with Gasteiger partial charge < -0.3 is 19.9 Å². The Kier molecular flexibility index (Phi) is 3.40. The lowest BCUT2D eigenvalue weighted by molar-refractivity contribution is 0.171. The van der Waals surface area contributed by atoms with E-state index < -0.39 is 5.82 Å². The molecule has 0 aliphatic carbocycles. The molecule has 0 bridgehead atoms. The average molecular weight is 340 g/mol. The van der Waals surface area contributed by atoms with Gasteiger partial charge in [-0.2, -0.15) is 0 Å². The molecule has 0 spiro atoms. The Morgan fingerprint density at radius 1 is 1.05 bits per heavy atom. The zero-order valence-electron chi connectivity index (χ0n) is 10.4. The average Bonchev–Trinajstić information content (AvgIpc) is 2.38. The minimum absolute atomic E-state index is 0.347. The Morgan fingerprint density at radius 2 is 1.75 bits per heavy atom. The summed E-state index contributed by atoms with van der Waals surface area (Å²) in [5.41, 5.74) is 6.30. The Morgan fingerprint density at radius 3 is 2.45 bits per heavy atom. The van der Waals surface area contributed by atoms with Gasteiger partial charge in [0.25, 0.3) is 0 Å².